The van der Waals surface area contributed by atoms with Crippen molar-refractivity contribution < 1.29 is 9.53 Å². The molecule has 0 saturated carbocycles. The van der Waals surface area contributed by atoms with Crippen molar-refractivity contribution in [2.24, 2.45) is 0 Å². The number of carbonyl (C=O) groups excluding carboxylic acids is 1. The lowest BCUT2D eigenvalue weighted by molar-refractivity contribution is -0.119. The van der Waals surface area contributed by atoms with E-state index in [9.17, 15) is 4.79 Å². The van der Waals surface area contributed by atoms with E-state index in [0.717, 1.165) is 17.8 Å². The number of carbonyl (C=O) groups is 1. The third-order valence-electron chi connectivity index (χ3n) is 4.35. The zero-order valence-corrected chi connectivity index (χ0v) is 14.8. The first-order valence-corrected chi connectivity index (χ1v) is 8.40. The molecule has 3 rings (SSSR count). The Hall–Kier alpha value is -2.20. The Morgan fingerprint density at radius 2 is 2.08 bits per heavy atom. The quantitative estimate of drug-likeness (QED) is 0.906. The maximum Gasteiger partial charge on any atom is 0.249 e. The average Bonchev–Trinajstić information content (AvgIpc) is 2.90. The van der Waals surface area contributed by atoms with Gasteiger partial charge < -0.3 is 15.0 Å². The minimum atomic E-state index is -0.358. The number of nitrogens with one attached hydrogen (secondary N) is 1. The van der Waals surface area contributed by atoms with Crippen LogP contribution < -0.4 is 15.0 Å². The maximum atomic E-state index is 12.9. The molecular formula is C19H21ClN2O2. The number of anilines is 2. The van der Waals surface area contributed by atoms with Crippen LogP contribution >= 0.6 is 11.6 Å². The van der Waals surface area contributed by atoms with Gasteiger partial charge in [-0.25, -0.2) is 0 Å². The van der Waals surface area contributed by atoms with Gasteiger partial charge in [0, 0.05) is 17.4 Å². The molecule has 1 heterocycles. The molecule has 1 aliphatic heterocycles. The summed E-state index contributed by atoms with van der Waals surface area (Å²) in [6.45, 7) is 3.95. The van der Waals surface area contributed by atoms with Crippen LogP contribution in [0.5, 0.6) is 5.75 Å². The Kier molecular flexibility index (Phi) is 4.67. The smallest absolute Gasteiger partial charge is 0.249 e. The van der Waals surface area contributed by atoms with Crippen molar-refractivity contribution >= 4 is 28.9 Å². The third kappa shape index (κ3) is 3.06. The molecule has 0 bridgehead atoms. The second-order valence-electron chi connectivity index (χ2n) is 6.11. The molecule has 1 aliphatic rings. The van der Waals surface area contributed by atoms with Crippen LogP contribution in [0.15, 0.2) is 42.5 Å². The molecule has 126 valence electrons. The van der Waals surface area contributed by atoms with Gasteiger partial charge in [-0.2, -0.15) is 0 Å². The SMILES string of the molecule is COc1ccc(N[C@H](C)C(=O)N2c3ccccc3C[C@H]2C)cc1Cl. The van der Waals surface area contributed by atoms with E-state index < -0.39 is 0 Å². The van der Waals surface area contributed by atoms with Gasteiger partial charge >= 0.3 is 0 Å². The normalized spacial score (nSPS) is 17.3. The number of halogens is 1. The van der Waals surface area contributed by atoms with E-state index in [1.54, 1.807) is 19.2 Å². The average molecular weight is 345 g/mol. The van der Waals surface area contributed by atoms with Crippen LogP contribution in [0, 0.1) is 0 Å². The second kappa shape index (κ2) is 6.73. The van der Waals surface area contributed by atoms with E-state index in [2.05, 4.69) is 18.3 Å². The zero-order chi connectivity index (χ0) is 17.3. The lowest BCUT2D eigenvalue weighted by atomic mass is 10.1. The zero-order valence-electron chi connectivity index (χ0n) is 14.0. The molecule has 1 amide bonds. The molecule has 0 spiro atoms. The maximum absolute atomic E-state index is 12.9. The number of benzene rings is 2. The molecule has 24 heavy (non-hydrogen) atoms. The number of nitrogens with zero attached hydrogens (tertiary/aromatic N) is 1. The van der Waals surface area contributed by atoms with Crippen LogP contribution in [-0.2, 0) is 11.2 Å². The van der Waals surface area contributed by atoms with Crippen LogP contribution in [0.1, 0.15) is 19.4 Å². The standard InChI is InChI=1S/C19H21ClN2O2/c1-12-10-14-6-4-5-7-17(14)22(12)19(23)13(2)21-15-8-9-18(24-3)16(20)11-15/h4-9,11-13,21H,10H2,1-3H3/t12-,13-/m1/s1. The van der Waals surface area contributed by atoms with Gasteiger partial charge in [-0.1, -0.05) is 29.8 Å². The largest absolute Gasteiger partial charge is 0.495 e. The summed E-state index contributed by atoms with van der Waals surface area (Å²) in [6, 6.07) is 13.3. The van der Waals surface area contributed by atoms with Crippen molar-refractivity contribution in [1.29, 1.82) is 0 Å². The fraction of sp³-hybridized carbons (Fsp3) is 0.316. The highest BCUT2D eigenvalue weighted by atomic mass is 35.5. The van der Waals surface area contributed by atoms with Gasteiger partial charge in [-0.15, -0.1) is 0 Å². The number of hydrogen-bond acceptors (Lipinski definition) is 3. The first kappa shape index (κ1) is 16.7. The predicted molar refractivity (Wildman–Crippen MR) is 98.2 cm³/mol. The first-order valence-electron chi connectivity index (χ1n) is 8.02. The highest BCUT2D eigenvalue weighted by molar-refractivity contribution is 6.32. The summed E-state index contributed by atoms with van der Waals surface area (Å²) < 4.78 is 5.15. The molecule has 0 aromatic heterocycles. The lowest BCUT2D eigenvalue weighted by Gasteiger charge is -2.27. The van der Waals surface area contributed by atoms with Gasteiger partial charge in [0.15, 0.2) is 0 Å². The minimum absolute atomic E-state index is 0.0550. The molecule has 0 fully saturated rings. The van der Waals surface area contributed by atoms with Gasteiger partial charge in [-0.05, 0) is 50.1 Å². The summed E-state index contributed by atoms with van der Waals surface area (Å²) in [7, 11) is 1.58. The molecule has 0 radical (unpaired) electrons. The summed E-state index contributed by atoms with van der Waals surface area (Å²) in [5.74, 6) is 0.669. The fourth-order valence-electron chi connectivity index (χ4n) is 3.18. The van der Waals surface area contributed by atoms with E-state index >= 15 is 0 Å². The van der Waals surface area contributed by atoms with Crippen molar-refractivity contribution in [3.8, 4) is 5.75 Å². The highest BCUT2D eigenvalue weighted by Crippen LogP contribution is 2.33. The number of ether oxygens (including phenoxy) is 1. The number of hydrogen-bond donors (Lipinski definition) is 1. The summed E-state index contributed by atoms with van der Waals surface area (Å²) in [5.41, 5.74) is 3.02. The Labute approximate surface area is 147 Å². The summed E-state index contributed by atoms with van der Waals surface area (Å²) in [6.07, 6.45) is 0.892. The number of fused-ring (bicyclic) bond motifs is 1. The van der Waals surface area contributed by atoms with Crippen LogP contribution in [0.4, 0.5) is 11.4 Å². The molecule has 0 unspecified atom stereocenters. The molecule has 2 aromatic rings. The molecule has 0 saturated heterocycles. The number of methoxy groups -OCH3 is 1. The van der Waals surface area contributed by atoms with Crippen molar-refractivity contribution in [2.75, 3.05) is 17.3 Å². The molecule has 1 N–H and O–H groups in total. The van der Waals surface area contributed by atoms with Crippen LogP contribution in [0.25, 0.3) is 0 Å². The van der Waals surface area contributed by atoms with Gasteiger partial charge in [0.2, 0.25) is 5.91 Å². The van der Waals surface area contributed by atoms with Crippen LogP contribution in [0.3, 0.4) is 0 Å². The van der Waals surface area contributed by atoms with Crippen molar-refractivity contribution in [3.63, 3.8) is 0 Å². The Morgan fingerprint density at radius 3 is 2.79 bits per heavy atom. The topological polar surface area (TPSA) is 41.6 Å². The van der Waals surface area contributed by atoms with Gasteiger partial charge in [0.25, 0.3) is 0 Å². The molecule has 4 nitrogen and oxygen atoms in total. The molecular weight excluding hydrogens is 324 g/mol. The van der Waals surface area contributed by atoms with Crippen molar-refractivity contribution in [2.45, 2.75) is 32.4 Å². The molecule has 2 atom stereocenters. The summed E-state index contributed by atoms with van der Waals surface area (Å²) >= 11 is 6.15. The third-order valence-corrected chi connectivity index (χ3v) is 4.65. The van der Waals surface area contributed by atoms with Gasteiger partial charge in [0.05, 0.1) is 12.1 Å². The predicted octanol–water partition coefficient (Wildman–Crippen LogP) is 4.13. The number of amides is 1. The van der Waals surface area contributed by atoms with Crippen molar-refractivity contribution in [3.05, 3.63) is 53.1 Å². The molecule has 2 aromatic carbocycles. The minimum Gasteiger partial charge on any atom is -0.495 e. The van der Waals surface area contributed by atoms with Gasteiger partial charge in [0.1, 0.15) is 11.8 Å². The number of para-hydroxylation sites is 1. The van der Waals surface area contributed by atoms with E-state index in [-0.39, 0.29) is 18.0 Å². The fourth-order valence-corrected chi connectivity index (χ4v) is 3.44. The highest BCUT2D eigenvalue weighted by Gasteiger charge is 2.32. The van der Waals surface area contributed by atoms with E-state index in [1.165, 1.54) is 5.56 Å². The van der Waals surface area contributed by atoms with Gasteiger partial charge in [-0.3, -0.25) is 4.79 Å². The molecule has 5 heteroatoms. The summed E-state index contributed by atoms with van der Waals surface area (Å²) in [4.78, 5) is 14.8. The van der Waals surface area contributed by atoms with Crippen LogP contribution in [-0.4, -0.2) is 25.1 Å². The number of rotatable bonds is 4. The lowest BCUT2D eigenvalue weighted by Crippen LogP contribution is -2.44. The monoisotopic (exact) mass is 344 g/mol. The Balaban J connectivity index is 1.77. The molecule has 0 aliphatic carbocycles. The Morgan fingerprint density at radius 1 is 1.33 bits per heavy atom. The second-order valence-corrected chi connectivity index (χ2v) is 6.51. The van der Waals surface area contributed by atoms with E-state index in [4.69, 9.17) is 16.3 Å². The van der Waals surface area contributed by atoms with Crippen molar-refractivity contribution in [1.82, 2.24) is 0 Å². The van der Waals surface area contributed by atoms with Crippen LogP contribution in [0.2, 0.25) is 5.02 Å². The Bertz CT molecular complexity index is 763. The van der Waals surface area contributed by atoms with E-state index in [1.807, 2.05) is 36.1 Å². The van der Waals surface area contributed by atoms with E-state index in [0.29, 0.717) is 10.8 Å². The summed E-state index contributed by atoms with van der Waals surface area (Å²) in [5, 5.41) is 3.75. The first-order chi connectivity index (χ1) is 11.5.